The number of anilines is 1. The van der Waals surface area contributed by atoms with E-state index in [0.717, 1.165) is 5.56 Å². The minimum absolute atomic E-state index is 0.0573. The maximum absolute atomic E-state index is 8.89. The van der Waals surface area contributed by atoms with Crippen LogP contribution < -0.4 is 10.5 Å². The predicted octanol–water partition coefficient (Wildman–Crippen LogP) is 3.63. The Morgan fingerprint density at radius 1 is 1.15 bits per heavy atom. The monoisotopic (exact) mass is 267 g/mol. The van der Waals surface area contributed by atoms with Crippen molar-refractivity contribution in [1.29, 1.82) is 5.26 Å². The molecule has 0 saturated carbocycles. The molecule has 0 aliphatic rings. The van der Waals surface area contributed by atoms with Crippen LogP contribution in [0.4, 0.5) is 5.69 Å². The Morgan fingerprint density at radius 2 is 1.85 bits per heavy atom. The molecule has 0 atom stereocenters. The van der Waals surface area contributed by atoms with Gasteiger partial charge < -0.3 is 10.5 Å². The van der Waals surface area contributed by atoms with E-state index in [4.69, 9.17) is 15.7 Å². The molecule has 0 fully saturated rings. The van der Waals surface area contributed by atoms with E-state index in [1.807, 2.05) is 30.3 Å². The van der Waals surface area contributed by atoms with Crippen LogP contribution in [0.25, 0.3) is 0 Å². The zero-order valence-corrected chi connectivity index (χ0v) is 11.8. The number of hydrogen-bond donors (Lipinski definition) is 1. The van der Waals surface area contributed by atoms with Crippen molar-refractivity contribution >= 4 is 5.69 Å². The molecule has 20 heavy (non-hydrogen) atoms. The second-order valence-corrected chi connectivity index (χ2v) is 5.55. The molecule has 0 unspecified atom stereocenters. The third kappa shape index (κ3) is 2.89. The predicted molar refractivity (Wildman–Crippen MR) is 78.6 cm³/mol. The number of pyridine rings is 1. The molecular formula is C16H17N3O. The number of rotatable bonds is 2. The van der Waals surface area contributed by atoms with Crippen LogP contribution in [0.15, 0.2) is 36.4 Å². The largest absolute Gasteiger partial charge is 0.437 e. The van der Waals surface area contributed by atoms with Crippen molar-refractivity contribution in [2.45, 2.75) is 26.2 Å². The number of nitrogens with two attached hydrogens (primary N) is 1. The third-order valence-corrected chi connectivity index (χ3v) is 2.91. The Bertz CT molecular complexity index is 666. The van der Waals surface area contributed by atoms with Gasteiger partial charge in [-0.05, 0) is 23.6 Å². The second kappa shape index (κ2) is 5.22. The molecule has 1 aromatic carbocycles. The highest BCUT2D eigenvalue weighted by molar-refractivity contribution is 5.52. The lowest BCUT2D eigenvalue weighted by Gasteiger charge is -2.22. The molecule has 2 N–H and O–H groups in total. The maximum Gasteiger partial charge on any atom is 0.243 e. The summed E-state index contributed by atoms with van der Waals surface area (Å²) in [4.78, 5) is 4.10. The quantitative estimate of drug-likeness (QED) is 0.901. The number of nitriles is 1. The summed E-state index contributed by atoms with van der Waals surface area (Å²) in [6.45, 7) is 6.33. The molecule has 0 saturated heterocycles. The number of nitrogen functional groups attached to an aromatic ring is 1. The van der Waals surface area contributed by atoms with Crippen molar-refractivity contribution in [2.24, 2.45) is 0 Å². The maximum atomic E-state index is 8.89. The summed E-state index contributed by atoms with van der Waals surface area (Å²) >= 11 is 0. The van der Waals surface area contributed by atoms with E-state index in [-0.39, 0.29) is 17.0 Å². The van der Waals surface area contributed by atoms with Gasteiger partial charge in [-0.2, -0.15) is 5.26 Å². The number of ether oxygens (including phenoxy) is 1. The summed E-state index contributed by atoms with van der Waals surface area (Å²) in [6, 6.07) is 12.9. The molecule has 0 aliphatic heterocycles. The highest BCUT2D eigenvalue weighted by atomic mass is 16.5. The Morgan fingerprint density at radius 3 is 2.50 bits per heavy atom. The van der Waals surface area contributed by atoms with Crippen LogP contribution in [-0.4, -0.2) is 4.98 Å². The Labute approximate surface area is 118 Å². The number of aromatic nitrogens is 1. The molecule has 0 bridgehead atoms. The fourth-order valence-electron chi connectivity index (χ4n) is 1.87. The molecule has 102 valence electrons. The minimum Gasteiger partial charge on any atom is -0.437 e. The Balaban J connectivity index is 2.44. The molecule has 0 aliphatic carbocycles. The highest BCUT2D eigenvalue weighted by Gasteiger charge is 2.19. The third-order valence-electron chi connectivity index (χ3n) is 2.91. The first-order valence-electron chi connectivity index (χ1n) is 6.36. The van der Waals surface area contributed by atoms with Crippen LogP contribution in [0, 0.1) is 11.3 Å². The minimum atomic E-state index is -0.0573. The smallest absolute Gasteiger partial charge is 0.243 e. The summed E-state index contributed by atoms with van der Waals surface area (Å²) in [6.07, 6.45) is 0. The van der Waals surface area contributed by atoms with Gasteiger partial charge in [-0.3, -0.25) is 0 Å². The summed E-state index contributed by atoms with van der Waals surface area (Å²) in [7, 11) is 0. The van der Waals surface area contributed by atoms with Gasteiger partial charge in [0.2, 0.25) is 5.88 Å². The topological polar surface area (TPSA) is 71.9 Å². The molecule has 2 rings (SSSR count). The van der Waals surface area contributed by atoms with Crippen LogP contribution in [0.2, 0.25) is 0 Å². The van der Waals surface area contributed by atoms with E-state index >= 15 is 0 Å². The molecule has 1 heterocycles. The molecule has 0 radical (unpaired) electrons. The molecule has 0 spiro atoms. The first-order chi connectivity index (χ1) is 9.41. The molecule has 4 nitrogen and oxygen atoms in total. The fourth-order valence-corrected chi connectivity index (χ4v) is 1.87. The van der Waals surface area contributed by atoms with Gasteiger partial charge in [-0.1, -0.05) is 39.0 Å². The molecule has 4 heteroatoms. The molecule has 0 amide bonds. The van der Waals surface area contributed by atoms with Crippen molar-refractivity contribution in [3.63, 3.8) is 0 Å². The summed E-state index contributed by atoms with van der Waals surface area (Å²) in [5.74, 6) is 0.968. The molecular weight excluding hydrogens is 250 g/mol. The molecule has 2 aromatic rings. The summed E-state index contributed by atoms with van der Waals surface area (Å²) < 4.78 is 5.82. The standard InChI is InChI=1S/C16H17N3O/c1-16(2,3)12-6-4-5-7-14(12)20-15-13(18)9-8-11(10-17)19-15/h4-9H,18H2,1-3H3. The van der Waals surface area contributed by atoms with Gasteiger partial charge in [-0.25, -0.2) is 4.98 Å². The lowest BCUT2D eigenvalue weighted by Crippen LogP contribution is -2.12. The number of para-hydroxylation sites is 1. The van der Waals surface area contributed by atoms with Crippen molar-refractivity contribution in [1.82, 2.24) is 4.98 Å². The number of hydrogen-bond acceptors (Lipinski definition) is 4. The van der Waals surface area contributed by atoms with Crippen LogP contribution >= 0.6 is 0 Å². The number of nitrogens with zero attached hydrogens (tertiary/aromatic N) is 2. The Hall–Kier alpha value is -2.54. The van der Waals surface area contributed by atoms with E-state index in [0.29, 0.717) is 11.4 Å². The first kappa shape index (κ1) is 13.9. The zero-order valence-electron chi connectivity index (χ0n) is 11.8. The normalized spacial score (nSPS) is 10.9. The SMILES string of the molecule is CC(C)(C)c1ccccc1Oc1nc(C#N)ccc1N. The molecule has 1 aromatic heterocycles. The second-order valence-electron chi connectivity index (χ2n) is 5.55. The van der Waals surface area contributed by atoms with Crippen molar-refractivity contribution < 1.29 is 4.74 Å². The van der Waals surface area contributed by atoms with E-state index in [9.17, 15) is 0 Å². The van der Waals surface area contributed by atoms with Gasteiger partial charge >= 0.3 is 0 Å². The van der Waals surface area contributed by atoms with E-state index in [1.165, 1.54) is 0 Å². The summed E-state index contributed by atoms with van der Waals surface area (Å²) in [5.41, 5.74) is 7.55. The lowest BCUT2D eigenvalue weighted by molar-refractivity contribution is 0.441. The summed E-state index contributed by atoms with van der Waals surface area (Å²) in [5, 5.41) is 8.89. The van der Waals surface area contributed by atoms with Gasteiger partial charge in [0.05, 0.1) is 5.69 Å². The van der Waals surface area contributed by atoms with Crippen molar-refractivity contribution in [2.75, 3.05) is 5.73 Å². The fraction of sp³-hybridized carbons (Fsp3) is 0.250. The van der Waals surface area contributed by atoms with E-state index in [1.54, 1.807) is 12.1 Å². The van der Waals surface area contributed by atoms with Crippen LogP contribution in [0.5, 0.6) is 11.6 Å². The van der Waals surface area contributed by atoms with Crippen LogP contribution in [-0.2, 0) is 5.41 Å². The van der Waals surface area contributed by atoms with Crippen molar-refractivity contribution in [3.8, 4) is 17.7 Å². The highest BCUT2D eigenvalue weighted by Crippen LogP contribution is 2.34. The van der Waals surface area contributed by atoms with Crippen molar-refractivity contribution in [3.05, 3.63) is 47.7 Å². The van der Waals surface area contributed by atoms with E-state index in [2.05, 4.69) is 25.8 Å². The van der Waals surface area contributed by atoms with Crippen LogP contribution in [0.1, 0.15) is 32.0 Å². The van der Waals surface area contributed by atoms with E-state index < -0.39 is 0 Å². The first-order valence-corrected chi connectivity index (χ1v) is 6.36. The van der Waals surface area contributed by atoms with Gasteiger partial charge in [0.15, 0.2) is 0 Å². The number of benzene rings is 1. The Kier molecular flexibility index (Phi) is 3.62. The zero-order chi connectivity index (χ0) is 14.8. The van der Waals surface area contributed by atoms with Gasteiger partial charge in [-0.15, -0.1) is 0 Å². The van der Waals surface area contributed by atoms with Crippen LogP contribution in [0.3, 0.4) is 0 Å². The van der Waals surface area contributed by atoms with Gasteiger partial charge in [0.25, 0.3) is 0 Å². The average molecular weight is 267 g/mol. The van der Waals surface area contributed by atoms with Gasteiger partial charge in [0.1, 0.15) is 17.5 Å². The lowest BCUT2D eigenvalue weighted by atomic mass is 9.86. The average Bonchev–Trinajstić information content (AvgIpc) is 2.41. The van der Waals surface area contributed by atoms with Gasteiger partial charge in [0, 0.05) is 5.56 Å².